The zero-order valence-corrected chi connectivity index (χ0v) is 12.0. The van der Waals surface area contributed by atoms with Crippen molar-refractivity contribution < 1.29 is 14.3 Å². The smallest absolute Gasteiger partial charge is 0.305 e. The average Bonchev–Trinajstić information content (AvgIpc) is 2.36. The minimum atomic E-state index is -0.190. The third kappa shape index (κ3) is 8.09. The molecule has 0 heterocycles. The summed E-state index contributed by atoms with van der Waals surface area (Å²) >= 11 is 0. The quantitative estimate of drug-likeness (QED) is 0.483. The zero-order chi connectivity index (χ0) is 13.8. The Morgan fingerprint density at radius 3 is 2.44 bits per heavy atom. The van der Waals surface area contributed by atoms with E-state index in [1.807, 2.05) is 6.92 Å². The molecule has 4 heteroatoms. The third-order valence-electron chi connectivity index (χ3n) is 2.93. The van der Waals surface area contributed by atoms with Gasteiger partial charge in [0.1, 0.15) is 0 Å². The summed E-state index contributed by atoms with van der Waals surface area (Å²) in [5, 5.41) is 2.89. The predicted octanol–water partition coefficient (Wildman–Crippen LogP) is 2.66. The highest BCUT2D eigenvalue weighted by Crippen LogP contribution is 2.12. The molecule has 0 bridgehead atoms. The van der Waals surface area contributed by atoms with Gasteiger partial charge in [-0.15, -0.1) is 0 Å². The zero-order valence-electron chi connectivity index (χ0n) is 12.0. The van der Waals surface area contributed by atoms with E-state index in [0.717, 1.165) is 25.7 Å². The van der Waals surface area contributed by atoms with E-state index in [0.29, 0.717) is 26.0 Å². The van der Waals surface area contributed by atoms with Crippen molar-refractivity contribution in [3.05, 3.63) is 0 Å². The Bertz CT molecular complexity index is 241. The molecule has 0 aromatic rings. The molecule has 0 aromatic heterocycles. The SMILES string of the molecule is CCCCC(CC)C(=O)NCCCC(=O)OCC. The first-order chi connectivity index (χ1) is 8.65. The number of ether oxygens (including phenoxy) is 1. The Morgan fingerprint density at radius 1 is 1.17 bits per heavy atom. The molecule has 18 heavy (non-hydrogen) atoms. The van der Waals surface area contributed by atoms with Crippen LogP contribution in [0.3, 0.4) is 0 Å². The van der Waals surface area contributed by atoms with E-state index in [-0.39, 0.29) is 17.8 Å². The van der Waals surface area contributed by atoms with Crippen LogP contribution in [0.15, 0.2) is 0 Å². The summed E-state index contributed by atoms with van der Waals surface area (Å²) in [6.07, 6.45) is 5.07. The van der Waals surface area contributed by atoms with E-state index in [9.17, 15) is 9.59 Å². The predicted molar refractivity (Wildman–Crippen MR) is 72.2 cm³/mol. The number of carbonyl (C=O) groups is 2. The Kier molecular flexibility index (Phi) is 10.4. The van der Waals surface area contributed by atoms with E-state index < -0.39 is 0 Å². The second kappa shape index (κ2) is 11.1. The molecular formula is C14H27NO3. The first-order valence-electron chi connectivity index (χ1n) is 7.08. The van der Waals surface area contributed by atoms with Crippen molar-refractivity contribution in [3.63, 3.8) is 0 Å². The second-order valence-corrected chi connectivity index (χ2v) is 4.45. The van der Waals surface area contributed by atoms with Crippen molar-refractivity contribution in [1.82, 2.24) is 5.32 Å². The van der Waals surface area contributed by atoms with Crippen molar-refractivity contribution in [2.45, 2.75) is 59.3 Å². The van der Waals surface area contributed by atoms with Gasteiger partial charge in [0.15, 0.2) is 0 Å². The first-order valence-corrected chi connectivity index (χ1v) is 7.08. The van der Waals surface area contributed by atoms with E-state index in [1.165, 1.54) is 0 Å². The Morgan fingerprint density at radius 2 is 1.89 bits per heavy atom. The minimum absolute atomic E-state index is 0.118. The van der Waals surface area contributed by atoms with Crippen LogP contribution < -0.4 is 5.32 Å². The minimum Gasteiger partial charge on any atom is -0.466 e. The summed E-state index contributed by atoms with van der Waals surface area (Å²) in [5.74, 6) is 0.0483. The van der Waals surface area contributed by atoms with Crippen LogP contribution in [0.4, 0.5) is 0 Å². The summed E-state index contributed by atoms with van der Waals surface area (Å²) in [6, 6.07) is 0. The maximum absolute atomic E-state index is 11.8. The fourth-order valence-electron chi connectivity index (χ4n) is 1.79. The molecule has 0 fully saturated rings. The first kappa shape index (κ1) is 16.9. The van der Waals surface area contributed by atoms with Gasteiger partial charge in [0.05, 0.1) is 6.61 Å². The summed E-state index contributed by atoms with van der Waals surface area (Å²) in [4.78, 5) is 22.9. The summed E-state index contributed by atoms with van der Waals surface area (Å²) in [6.45, 7) is 6.93. The molecule has 106 valence electrons. The number of hydrogen-bond acceptors (Lipinski definition) is 3. The van der Waals surface area contributed by atoms with Crippen LogP contribution in [0, 0.1) is 5.92 Å². The summed E-state index contributed by atoms with van der Waals surface area (Å²) < 4.78 is 4.82. The van der Waals surface area contributed by atoms with E-state index >= 15 is 0 Å². The molecule has 0 aliphatic carbocycles. The molecule has 4 nitrogen and oxygen atoms in total. The topological polar surface area (TPSA) is 55.4 Å². The molecule has 0 radical (unpaired) electrons. The van der Waals surface area contributed by atoms with E-state index in [2.05, 4.69) is 12.2 Å². The normalized spacial score (nSPS) is 11.9. The number of amides is 1. The van der Waals surface area contributed by atoms with Gasteiger partial charge in [0, 0.05) is 18.9 Å². The highest BCUT2D eigenvalue weighted by Gasteiger charge is 2.14. The van der Waals surface area contributed by atoms with E-state index in [4.69, 9.17) is 4.74 Å². The van der Waals surface area contributed by atoms with Gasteiger partial charge < -0.3 is 10.1 Å². The van der Waals surface area contributed by atoms with Crippen LogP contribution in [0.25, 0.3) is 0 Å². The van der Waals surface area contributed by atoms with Crippen molar-refractivity contribution >= 4 is 11.9 Å². The number of nitrogens with one attached hydrogen (secondary N) is 1. The number of unbranched alkanes of at least 4 members (excludes halogenated alkanes) is 1. The molecule has 1 amide bonds. The van der Waals surface area contributed by atoms with Gasteiger partial charge in [0.2, 0.25) is 5.91 Å². The van der Waals surface area contributed by atoms with Gasteiger partial charge in [-0.1, -0.05) is 26.7 Å². The van der Waals surface area contributed by atoms with Crippen molar-refractivity contribution in [3.8, 4) is 0 Å². The molecular weight excluding hydrogens is 230 g/mol. The molecule has 1 atom stereocenters. The molecule has 1 N–H and O–H groups in total. The van der Waals surface area contributed by atoms with Crippen LogP contribution in [0.2, 0.25) is 0 Å². The maximum Gasteiger partial charge on any atom is 0.305 e. The van der Waals surface area contributed by atoms with Gasteiger partial charge in [-0.25, -0.2) is 0 Å². The summed E-state index contributed by atoms with van der Waals surface area (Å²) in [7, 11) is 0. The molecule has 0 aliphatic rings. The largest absolute Gasteiger partial charge is 0.466 e. The third-order valence-corrected chi connectivity index (χ3v) is 2.93. The lowest BCUT2D eigenvalue weighted by atomic mass is 9.98. The van der Waals surface area contributed by atoms with Crippen LogP contribution in [0.1, 0.15) is 59.3 Å². The number of hydrogen-bond donors (Lipinski definition) is 1. The summed E-state index contributed by atoms with van der Waals surface area (Å²) in [5.41, 5.74) is 0. The molecule has 0 rings (SSSR count). The number of rotatable bonds is 10. The second-order valence-electron chi connectivity index (χ2n) is 4.45. The van der Waals surface area contributed by atoms with E-state index in [1.54, 1.807) is 6.92 Å². The van der Waals surface area contributed by atoms with Gasteiger partial charge in [-0.3, -0.25) is 9.59 Å². The molecule has 0 saturated heterocycles. The Labute approximate surface area is 110 Å². The highest BCUT2D eigenvalue weighted by atomic mass is 16.5. The van der Waals surface area contributed by atoms with Gasteiger partial charge in [-0.05, 0) is 26.2 Å². The number of esters is 1. The van der Waals surface area contributed by atoms with Crippen LogP contribution >= 0.6 is 0 Å². The lowest BCUT2D eigenvalue weighted by Crippen LogP contribution is -2.31. The monoisotopic (exact) mass is 257 g/mol. The van der Waals surface area contributed by atoms with Crippen LogP contribution in [0.5, 0.6) is 0 Å². The van der Waals surface area contributed by atoms with Crippen molar-refractivity contribution in [1.29, 1.82) is 0 Å². The highest BCUT2D eigenvalue weighted by molar-refractivity contribution is 5.78. The molecule has 0 saturated carbocycles. The Hall–Kier alpha value is -1.06. The Balaban J connectivity index is 3.70. The molecule has 0 aliphatic heterocycles. The molecule has 1 unspecified atom stereocenters. The van der Waals surface area contributed by atoms with Crippen LogP contribution in [-0.2, 0) is 14.3 Å². The number of carbonyl (C=O) groups excluding carboxylic acids is 2. The fourth-order valence-corrected chi connectivity index (χ4v) is 1.79. The average molecular weight is 257 g/mol. The maximum atomic E-state index is 11.8. The molecule has 0 spiro atoms. The van der Waals surface area contributed by atoms with Gasteiger partial charge >= 0.3 is 5.97 Å². The van der Waals surface area contributed by atoms with Gasteiger partial charge in [0.25, 0.3) is 0 Å². The lowest BCUT2D eigenvalue weighted by molar-refractivity contribution is -0.143. The molecule has 0 aromatic carbocycles. The van der Waals surface area contributed by atoms with Crippen molar-refractivity contribution in [2.75, 3.05) is 13.2 Å². The van der Waals surface area contributed by atoms with Crippen molar-refractivity contribution in [2.24, 2.45) is 5.92 Å². The van der Waals surface area contributed by atoms with Gasteiger partial charge in [-0.2, -0.15) is 0 Å². The fraction of sp³-hybridized carbons (Fsp3) is 0.857. The van der Waals surface area contributed by atoms with Crippen LogP contribution in [-0.4, -0.2) is 25.0 Å². The standard InChI is InChI=1S/C14H27NO3/c1-4-7-9-12(5-2)14(17)15-11-8-10-13(16)18-6-3/h12H,4-11H2,1-3H3,(H,15,17). The lowest BCUT2D eigenvalue weighted by Gasteiger charge is -2.14.